The number of aliphatic hydroxyl groups is 1. The summed E-state index contributed by atoms with van der Waals surface area (Å²) in [6, 6.07) is 7.88. The van der Waals surface area contributed by atoms with E-state index in [4.69, 9.17) is 11.6 Å². The number of nitrogens with zero attached hydrogens (tertiary/aromatic N) is 2. The van der Waals surface area contributed by atoms with Crippen molar-refractivity contribution in [3.8, 4) is 0 Å². The number of aryl methyl sites for hydroxylation is 1. The number of aromatic nitrogens is 1. The number of carbonyl (C=O) groups excluding carboxylic acids is 1. The molecule has 1 aromatic heterocycles. The van der Waals surface area contributed by atoms with Gasteiger partial charge in [0.05, 0.1) is 6.10 Å². The van der Waals surface area contributed by atoms with Gasteiger partial charge in [0, 0.05) is 48.7 Å². The Morgan fingerprint density at radius 3 is 2.91 bits per heavy atom. The predicted molar refractivity (Wildman–Crippen MR) is 90.1 cm³/mol. The molecule has 120 valence electrons. The highest BCUT2D eigenvalue weighted by atomic mass is 35.5. The highest BCUT2D eigenvalue weighted by Crippen LogP contribution is 2.20. The zero-order chi connectivity index (χ0) is 16.1. The molecular weight excluding hydrogens is 300 g/mol. The maximum absolute atomic E-state index is 12.0. The maximum Gasteiger partial charge on any atom is 0.222 e. The van der Waals surface area contributed by atoms with Crippen molar-refractivity contribution in [3.63, 3.8) is 0 Å². The van der Waals surface area contributed by atoms with Gasteiger partial charge in [-0.25, -0.2) is 0 Å². The van der Waals surface area contributed by atoms with Crippen LogP contribution in [0.3, 0.4) is 0 Å². The SMILES string of the molecule is CC(O)CCN(C)C(=O)CCCn1ccc2cc(Cl)ccc21. The topological polar surface area (TPSA) is 45.5 Å². The van der Waals surface area contributed by atoms with Crippen LogP contribution in [0.25, 0.3) is 10.9 Å². The quantitative estimate of drug-likeness (QED) is 0.850. The van der Waals surface area contributed by atoms with Crippen LogP contribution >= 0.6 is 11.6 Å². The van der Waals surface area contributed by atoms with Gasteiger partial charge in [-0.3, -0.25) is 4.79 Å². The van der Waals surface area contributed by atoms with Crippen molar-refractivity contribution in [1.29, 1.82) is 0 Å². The molecule has 0 saturated carbocycles. The third kappa shape index (κ3) is 4.49. The van der Waals surface area contributed by atoms with Gasteiger partial charge in [0.15, 0.2) is 0 Å². The van der Waals surface area contributed by atoms with Crippen LogP contribution in [0.5, 0.6) is 0 Å². The van der Waals surface area contributed by atoms with Gasteiger partial charge in [0.25, 0.3) is 0 Å². The molecule has 1 aromatic carbocycles. The Balaban J connectivity index is 1.83. The first-order valence-corrected chi connectivity index (χ1v) is 8.01. The molecule has 1 unspecified atom stereocenters. The molecule has 4 nitrogen and oxygen atoms in total. The van der Waals surface area contributed by atoms with Crippen molar-refractivity contribution in [3.05, 3.63) is 35.5 Å². The lowest BCUT2D eigenvalue weighted by molar-refractivity contribution is -0.130. The number of amides is 1. The summed E-state index contributed by atoms with van der Waals surface area (Å²) in [4.78, 5) is 13.7. The fourth-order valence-electron chi connectivity index (χ4n) is 2.46. The first-order chi connectivity index (χ1) is 10.5. The number of hydrogen-bond acceptors (Lipinski definition) is 2. The molecule has 1 heterocycles. The average molecular weight is 323 g/mol. The Bertz CT molecular complexity index is 637. The summed E-state index contributed by atoms with van der Waals surface area (Å²) in [6.45, 7) is 3.14. The van der Waals surface area contributed by atoms with Crippen molar-refractivity contribution in [2.24, 2.45) is 0 Å². The van der Waals surface area contributed by atoms with E-state index >= 15 is 0 Å². The van der Waals surface area contributed by atoms with Crippen molar-refractivity contribution in [1.82, 2.24) is 9.47 Å². The third-order valence-corrected chi connectivity index (χ3v) is 4.07. The maximum atomic E-state index is 12.0. The number of benzene rings is 1. The van der Waals surface area contributed by atoms with Gasteiger partial charge < -0.3 is 14.6 Å². The van der Waals surface area contributed by atoms with E-state index in [1.165, 1.54) is 0 Å². The lowest BCUT2D eigenvalue weighted by Crippen LogP contribution is -2.29. The summed E-state index contributed by atoms with van der Waals surface area (Å²) in [5.41, 5.74) is 1.14. The summed E-state index contributed by atoms with van der Waals surface area (Å²) in [6.07, 6.45) is 3.59. The van der Waals surface area contributed by atoms with Crippen molar-refractivity contribution in [2.75, 3.05) is 13.6 Å². The van der Waals surface area contributed by atoms with Gasteiger partial charge in [-0.2, -0.15) is 0 Å². The number of aliphatic hydroxyl groups excluding tert-OH is 1. The smallest absolute Gasteiger partial charge is 0.222 e. The minimum atomic E-state index is -0.367. The van der Waals surface area contributed by atoms with E-state index in [1.54, 1.807) is 18.9 Å². The van der Waals surface area contributed by atoms with Crippen LogP contribution in [0.1, 0.15) is 26.2 Å². The van der Waals surface area contributed by atoms with Crippen LogP contribution in [0.2, 0.25) is 5.02 Å². The molecule has 0 radical (unpaired) electrons. The molecule has 0 fully saturated rings. The number of halogens is 1. The van der Waals surface area contributed by atoms with Crippen molar-refractivity contribution in [2.45, 2.75) is 38.8 Å². The van der Waals surface area contributed by atoms with E-state index < -0.39 is 0 Å². The van der Waals surface area contributed by atoms with E-state index in [0.29, 0.717) is 19.4 Å². The Kier molecular flexibility index (Phi) is 5.86. The predicted octanol–water partition coefficient (Wildman–Crippen LogP) is 3.30. The zero-order valence-electron chi connectivity index (χ0n) is 13.1. The van der Waals surface area contributed by atoms with Gasteiger partial charge in [-0.1, -0.05) is 11.6 Å². The van der Waals surface area contributed by atoms with Gasteiger partial charge >= 0.3 is 0 Å². The molecule has 0 aliphatic rings. The molecule has 0 aliphatic carbocycles. The fourth-order valence-corrected chi connectivity index (χ4v) is 2.64. The van der Waals surface area contributed by atoms with Crippen LogP contribution in [-0.2, 0) is 11.3 Å². The second kappa shape index (κ2) is 7.65. The van der Waals surface area contributed by atoms with Crippen LogP contribution < -0.4 is 0 Å². The van der Waals surface area contributed by atoms with Gasteiger partial charge in [-0.15, -0.1) is 0 Å². The van der Waals surface area contributed by atoms with Crippen molar-refractivity contribution < 1.29 is 9.90 Å². The van der Waals surface area contributed by atoms with E-state index in [0.717, 1.165) is 28.9 Å². The molecule has 1 amide bonds. The molecule has 1 N–H and O–H groups in total. The molecule has 5 heteroatoms. The average Bonchev–Trinajstić information content (AvgIpc) is 2.86. The van der Waals surface area contributed by atoms with Crippen LogP contribution in [0.15, 0.2) is 30.5 Å². The molecule has 0 bridgehead atoms. The second-order valence-corrected chi connectivity index (χ2v) is 6.21. The highest BCUT2D eigenvalue weighted by molar-refractivity contribution is 6.31. The lowest BCUT2D eigenvalue weighted by Gasteiger charge is -2.18. The second-order valence-electron chi connectivity index (χ2n) is 5.77. The lowest BCUT2D eigenvalue weighted by atomic mass is 10.2. The van der Waals surface area contributed by atoms with E-state index in [2.05, 4.69) is 4.57 Å². The summed E-state index contributed by atoms with van der Waals surface area (Å²) >= 11 is 5.98. The zero-order valence-corrected chi connectivity index (χ0v) is 13.9. The van der Waals surface area contributed by atoms with Gasteiger partial charge in [0.1, 0.15) is 0 Å². The Labute approximate surface area is 136 Å². The molecule has 0 aliphatic heterocycles. The standard InChI is InChI=1S/C17H23ClN2O2/c1-13(21)7-10-19(2)17(22)4-3-9-20-11-8-14-12-15(18)5-6-16(14)20/h5-6,8,11-13,21H,3-4,7,9-10H2,1-2H3. The Hall–Kier alpha value is -1.52. The van der Waals surface area contributed by atoms with Gasteiger partial charge in [0.2, 0.25) is 5.91 Å². The number of hydrogen-bond donors (Lipinski definition) is 1. The van der Waals surface area contributed by atoms with Crippen LogP contribution in [0.4, 0.5) is 0 Å². The summed E-state index contributed by atoms with van der Waals surface area (Å²) in [5.74, 6) is 0.125. The molecule has 0 spiro atoms. The molecule has 2 aromatic rings. The summed E-state index contributed by atoms with van der Waals surface area (Å²) in [5, 5.41) is 11.1. The normalized spacial score (nSPS) is 12.5. The monoisotopic (exact) mass is 322 g/mol. The molecular formula is C17H23ClN2O2. The molecule has 1 atom stereocenters. The number of fused-ring (bicyclic) bond motifs is 1. The molecule has 0 saturated heterocycles. The minimum absolute atomic E-state index is 0.125. The molecule has 2 rings (SSSR count). The fraction of sp³-hybridized carbons (Fsp3) is 0.471. The first kappa shape index (κ1) is 16.8. The number of carbonyl (C=O) groups is 1. The van der Waals surface area contributed by atoms with E-state index in [1.807, 2.05) is 30.5 Å². The third-order valence-electron chi connectivity index (χ3n) is 3.83. The van der Waals surface area contributed by atoms with E-state index in [-0.39, 0.29) is 12.0 Å². The van der Waals surface area contributed by atoms with Crippen molar-refractivity contribution >= 4 is 28.4 Å². The van der Waals surface area contributed by atoms with Gasteiger partial charge in [-0.05, 0) is 44.0 Å². The minimum Gasteiger partial charge on any atom is -0.393 e. The first-order valence-electron chi connectivity index (χ1n) is 7.64. The largest absolute Gasteiger partial charge is 0.393 e. The summed E-state index contributed by atoms with van der Waals surface area (Å²) in [7, 11) is 1.79. The summed E-state index contributed by atoms with van der Waals surface area (Å²) < 4.78 is 2.15. The van der Waals surface area contributed by atoms with Crippen LogP contribution in [0, 0.1) is 0 Å². The number of rotatable bonds is 7. The Morgan fingerprint density at radius 1 is 1.41 bits per heavy atom. The van der Waals surface area contributed by atoms with Crippen LogP contribution in [-0.4, -0.2) is 40.2 Å². The molecule has 22 heavy (non-hydrogen) atoms. The van der Waals surface area contributed by atoms with E-state index in [9.17, 15) is 9.90 Å². The Morgan fingerprint density at radius 2 is 2.18 bits per heavy atom. The highest BCUT2D eigenvalue weighted by Gasteiger charge is 2.10.